The van der Waals surface area contributed by atoms with E-state index >= 15 is 0 Å². The van der Waals surface area contributed by atoms with Crippen LogP contribution in [0.25, 0.3) is 0 Å². The highest BCUT2D eigenvalue weighted by Gasteiger charge is 2.40. The second kappa shape index (κ2) is 7.11. The summed E-state index contributed by atoms with van der Waals surface area (Å²) in [6, 6.07) is -0.0147. The molecule has 0 bridgehead atoms. The van der Waals surface area contributed by atoms with Gasteiger partial charge in [-0.25, -0.2) is 15.0 Å². The van der Waals surface area contributed by atoms with Gasteiger partial charge < -0.3 is 9.88 Å². The number of hydrogen-bond acceptors (Lipinski definition) is 5. The molecule has 0 aromatic carbocycles. The predicted molar refractivity (Wildman–Crippen MR) is 105 cm³/mol. The van der Waals surface area contributed by atoms with Crippen molar-refractivity contribution in [2.45, 2.75) is 65.8 Å². The zero-order valence-corrected chi connectivity index (χ0v) is 17.0. The van der Waals surface area contributed by atoms with Crippen LogP contribution in [-0.4, -0.2) is 37.3 Å². The van der Waals surface area contributed by atoms with E-state index in [4.69, 9.17) is 9.97 Å². The van der Waals surface area contributed by atoms with Gasteiger partial charge >= 0.3 is 0 Å². The molecular formula is C21H27N5O2. The van der Waals surface area contributed by atoms with E-state index in [-0.39, 0.29) is 23.4 Å². The van der Waals surface area contributed by atoms with Crippen LogP contribution in [0.5, 0.6) is 0 Å². The number of carbonyl (C=O) groups excluding carboxylic acids is 1. The number of H-pyrrole nitrogens is 1. The van der Waals surface area contributed by atoms with E-state index in [2.05, 4.69) is 9.97 Å². The molecule has 1 aliphatic carbocycles. The number of aromatic nitrogens is 4. The molecule has 0 unspecified atom stereocenters. The van der Waals surface area contributed by atoms with E-state index in [1.807, 2.05) is 25.7 Å². The molecule has 1 amide bonds. The number of aryl methyl sites for hydroxylation is 3. The maximum absolute atomic E-state index is 12.6. The SMILES string of the molecule is Cc1nc([C@H]2CCCN2C(=O)C2CC2)nc(C)c1Cc1nc(C)c(C)c(=O)[nH]1. The minimum Gasteiger partial charge on any atom is -0.332 e. The summed E-state index contributed by atoms with van der Waals surface area (Å²) in [7, 11) is 0. The van der Waals surface area contributed by atoms with E-state index in [1.165, 1.54) is 0 Å². The van der Waals surface area contributed by atoms with Gasteiger partial charge in [0.05, 0.1) is 6.04 Å². The molecule has 4 rings (SSSR count). The van der Waals surface area contributed by atoms with Gasteiger partial charge in [-0.3, -0.25) is 9.59 Å². The Bertz CT molecular complexity index is 970. The van der Waals surface area contributed by atoms with Gasteiger partial charge in [0.1, 0.15) is 5.82 Å². The van der Waals surface area contributed by atoms with Gasteiger partial charge in [0.2, 0.25) is 5.91 Å². The summed E-state index contributed by atoms with van der Waals surface area (Å²) in [4.78, 5) is 43.5. The maximum atomic E-state index is 12.6. The Labute approximate surface area is 164 Å². The summed E-state index contributed by atoms with van der Waals surface area (Å²) in [5.41, 5.74) is 4.03. The molecule has 2 fully saturated rings. The van der Waals surface area contributed by atoms with Gasteiger partial charge in [-0.05, 0) is 53.4 Å². The Morgan fingerprint density at radius 2 is 1.71 bits per heavy atom. The molecule has 1 saturated heterocycles. The lowest BCUT2D eigenvalue weighted by molar-refractivity contribution is -0.133. The lowest BCUT2D eigenvalue weighted by atomic mass is 10.1. The number of carbonyl (C=O) groups is 1. The van der Waals surface area contributed by atoms with Crippen LogP contribution in [0.2, 0.25) is 0 Å². The second-order valence-electron chi connectivity index (χ2n) is 8.09. The van der Waals surface area contributed by atoms with Crippen molar-refractivity contribution < 1.29 is 4.79 Å². The van der Waals surface area contributed by atoms with E-state index in [1.54, 1.807) is 6.92 Å². The highest BCUT2D eigenvalue weighted by molar-refractivity contribution is 5.81. The first kappa shape index (κ1) is 18.8. The fourth-order valence-electron chi connectivity index (χ4n) is 3.99. The number of nitrogens with one attached hydrogen (secondary N) is 1. The smallest absolute Gasteiger partial charge is 0.254 e. The van der Waals surface area contributed by atoms with Gasteiger partial charge in [-0.1, -0.05) is 0 Å². The second-order valence-corrected chi connectivity index (χ2v) is 8.09. The average molecular weight is 381 g/mol. The van der Waals surface area contributed by atoms with Gasteiger partial charge in [0.25, 0.3) is 5.56 Å². The summed E-state index contributed by atoms with van der Waals surface area (Å²) in [6.07, 6.45) is 4.44. The lowest BCUT2D eigenvalue weighted by Gasteiger charge is -2.24. The molecule has 1 atom stereocenters. The van der Waals surface area contributed by atoms with Crippen molar-refractivity contribution in [2.75, 3.05) is 6.54 Å². The first-order chi connectivity index (χ1) is 13.3. The maximum Gasteiger partial charge on any atom is 0.254 e. The molecule has 1 saturated carbocycles. The molecule has 2 aromatic rings. The Morgan fingerprint density at radius 1 is 1.04 bits per heavy atom. The van der Waals surface area contributed by atoms with E-state index in [9.17, 15) is 9.59 Å². The molecule has 7 nitrogen and oxygen atoms in total. The van der Waals surface area contributed by atoms with Crippen molar-refractivity contribution in [3.8, 4) is 0 Å². The quantitative estimate of drug-likeness (QED) is 0.878. The molecule has 2 aliphatic rings. The van der Waals surface area contributed by atoms with Gasteiger partial charge in [0.15, 0.2) is 5.82 Å². The van der Waals surface area contributed by atoms with Crippen LogP contribution in [0.4, 0.5) is 0 Å². The largest absolute Gasteiger partial charge is 0.332 e. The minimum absolute atomic E-state index is 0.0147. The fourth-order valence-corrected chi connectivity index (χ4v) is 3.99. The zero-order valence-electron chi connectivity index (χ0n) is 17.0. The van der Waals surface area contributed by atoms with E-state index in [0.29, 0.717) is 17.8 Å². The Balaban J connectivity index is 1.62. The third kappa shape index (κ3) is 3.45. The van der Waals surface area contributed by atoms with Gasteiger partial charge in [-0.2, -0.15) is 0 Å². The Morgan fingerprint density at radius 3 is 2.32 bits per heavy atom. The summed E-state index contributed by atoms with van der Waals surface area (Å²) >= 11 is 0. The molecule has 0 radical (unpaired) electrons. The summed E-state index contributed by atoms with van der Waals surface area (Å²) in [6.45, 7) is 8.36. The predicted octanol–water partition coefficient (Wildman–Crippen LogP) is 2.46. The van der Waals surface area contributed by atoms with E-state index in [0.717, 1.165) is 60.7 Å². The molecule has 3 heterocycles. The summed E-state index contributed by atoms with van der Waals surface area (Å²) in [5.74, 6) is 1.85. The van der Waals surface area contributed by atoms with Crippen molar-refractivity contribution in [1.29, 1.82) is 0 Å². The number of likely N-dealkylation sites (tertiary alicyclic amines) is 1. The van der Waals surface area contributed by atoms with Crippen molar-refractivity contribution in [2.24, 2.45) is 5.92 Å². The standard InChI is InChI=1S/C21H27N5O2/c1-11-12(2)22-18(25-20(11)27)10-16-13(3)23-19(24-14(16)4)17-6-5-9-26(17)21(28)15-7-8-15/h15,17H,5-10H2,1-4H3,(H,22,25,27)/t17-/m1/s1. The van der Waals surface area contributed by atoms with Crippen LogP contribution in [0.3, 0.4) is 0 Å². The molecular weight excluding hydrogens is 354 g/mol. The van der Waals surface area contributed by atoms with Crippen molar-refractivity contribution in [3.63, 3.8) is 0 Å². The topological polar surface area (TPSA) is 91.8 Å². The molecule has 28 heavy (non-hydrogen) atoms. The monoisotopic (exact) mass is 381 g/mol. The first-order valence-electron chi connectivity index (χ1n) is 10.1. The molecule has 7 heteroatoms. The van der Waals surface area contributed by atoms with Crippen LogP contribution in [0, 0.1) is 33.6 Å². The molecule has 1 N–H and O–H groups in total. The third-order valence-corrected chi connectivity index (χ3v) is 5.99. The highest BCUT2D eigenvalue weighted by Crippen LogP contribution is 2.38. The molecule has 148 valence electrons. The zero-order chi connectivity index (χ0) is 20.0. The fraction of sp³-hybridized carbons (Fsp3) is 0.571. The summed E-state index contributed by atoms with van der Waals surface area (Å²) in [5, 5.41) is 0. The van der Waals surface area contributed by atoms with Crippen LogP contribution < -0.4 is 5.56 Å². The van der Waals surface area contributed by atoms with Crippen LogP contribution in [-0.2, 0) is 11.2 Å². The Hall–Kier alpha value is -2.57. The average Bonchev–Trinajstić information content (AvgIpc) is 3.38. The van der Waals surface area contributed by atoms with Crippen molar-refractivity contribution in [1.82, 2.24) is 24.8 Å². The first-order valence-corrected chi connectivity index (χ1v) is 10.1. The number of hydrogen-bond donors (Lipinski definition) is 1. The Kier molecular flexibility index (Phi) is 4.77. The lowest BCUT2D eigenvalue weighted by Crippen LogP contribution is -2.33. The molecule has 1 aliphatic heterocycles. The van der Waals surface area contributed by atoms with Crippen LogP contribution in [0.15, 0.2) is 4.79 Å². The van der Waals surface area contributed by atoms with Crippen LogP contribution >= 0.6 is 0 Å². The number of nitrogens with zero attached hydrogens (tertiary/aromatic N) is 4. The van der Waals surface area contributed by atoms with Gasteiger partial charge in [0, 0.05) is 47.1 Å². The number of rotatable bonds is 4. The van der Waals surface area contributed by atoms with E-state index < -0.39 is 0 Å². The molecule has 2 aromatic heterocycles. The number of amides is 1. The van der Waals surface area contributed by atoms with Crippen molar-refractivity contribution in [3.05, 3.63) is 50.2 Å². The normalized spacial score (nSPS) is 19.3. The van der Waals surface area contributed by atoms with Gasteiger partial charge in [-0.15, -0.1) is 0 Å². The number of aromatic amines is 1. The summed E-state index contributed by atoms with van der Waals surface area (Å²) < 4.78 is 0. The minimum atomic E-state index is -0.101. The third-order valence-electron chi connectivity index (χ3n) is 5.99. The molecule has 0 spiro atoms. The van der Waals surface area contributed by atoms with Crippen molar-refractivity contribution >= 4 is 5.91 Å². The highest BCUT2D eigenvalue weighted by atomic mass is 16.2. The van der Waals surface area contributed by atoms with Crippen LogP contribution in [0.1, 0.15) is 71.6 Å².